The monoisotopic (exact) mass is 391 g/mol. The number of thioether (sulfide) groups is 1. The molecule has 0 bridgehead atoms. The molecule has 0 atom stereocenters. The van der Waals surface area contributed by atoms with Crippen LogP contribution < -0.4 is 5.56 Å². The molecule has 4 rings (SSSR count). The summed E-state index contributed by atoms with van der Waals surface area (Å²) in [4.78, 5) is 18.5. The largest absolute Gasteiger partial charge is 0.275 e. The van der Waals surface area contributed by atoms with Crippen LogP contribution in [0.3, 0.4) is 0 Å². The van der Waals surface area contributed by atoms with Crippen LogP contribution in [0.5, 0.6) is 0 Å². The van der Waals surface area contributed by atoms with Gasteiger partial charge in [0.1, 0.15) is 5.01 Å². The van der Waals surface area contributed by atoms with Crippen molar-refractivity contribution in [3.05, 3.63) is 49.5 Å². The molecule has 4 aromatic rings. The molecule has 8 nitrogen and oxygen atoms in total. The fourth-order valence-corrected chi connectivity index (χ4v) is 4.51. The molecule has 0 aliphatic heterocycles. The first-order chi connectivity index (χ1) is 12.2. The molecule has 0 N–H and O–H groups in total. The molecule has 0 unspecified atom stereocenters. The highest BCUT2D eigenvalue weighted by Crippen LogP contribution is 2.21. The molecule has 0 saturated carbocycles. The molecule has 0 fully saturated rings. The molecule has 0 aromatic carbocycles. The predicted octanol–water partition coefficient (Wildman–Crippen LogP) is 2.10. The molecule has 25 heavy (non-hydrogen) atoms. The van der Waals surface area contributed by atoms with Gasteiger partial charge in [-0.3, -0.25) is 4.79 Å². The second-order valence-electron chi connectivity index (χ2n) is 5.12. The number of tetrazole rings is 1. The summed E-state index contributed by atoms with van der Waals surface area (Å²) < 4.78 is 3.11. The van der Waals surface area contributed by atoms with E-state index in [9.17, 15) is 4.79 Å². The molecule has 0 spiro atoms. The van der Waals surface area contributed by atoms with Crippen molar-refractivity contribution < 1.29 is 0 Å². The Morgan fingerprint density at radius 2 is 2.28 bits per heavy atom. The van der Waals surface area contributed by atoms with Crippen LogP contribution in [0.25, 0.3) is 4.96 Å². The summed E-state index contributed by atoms with van der Waals surface area (Å²) in [6, 6.07) is 5.57. The van der Waals surface area contributed by atoms with Gasteiger partial charge in [0.25, 0.3) is 5.56 Å². The Kier molecular flexibility index (Phi) is 4.59. The van der Waals surface area contributed by atoms with E-state index < -0.39 is 0 Å². The van der Waals surface area contributed by atoms with Gasteiger partial charge in [0, 0.05) is 16.7 Å². The summed E-state index contributed by atoms with van der Waals surface area (Å²) in [6.07, 6.45) is 0.787. The second kappa shape index (κ2) is 7.02. The number of hydrogen-bond donors (Lipinski definition) is 0. The minimum atomic E-state index is -0.158. The van der Waals surface area contributed by atoms with Crippen LogP contribution in [0.1, 0.15) is 22.5 Å². The highest BCUT2D eigenvalue weighted by molar-refractivity contribution is 7.98. The first kappa shape index (κ1) is 16.4. The maximum atomic E-state index is 12.2. The first-order valence-electron chi connectivity index (χ1n) is 7.53. The van der Waals surface area contributed by atoms with E-state index in [-0.39, 0.29) is 5.56 Å². The Bertz CT molecular complexity index is 1050. The number of thiophene rings is 1. The summed E-state index contributed by atoms with van der Waals surface area (Å²) >= 11 is 4.57. The van der Waals surface area contributed by atoms with Gasteiger partial charge < -0.3 is 0 Å². The maximum absolute atomic E-state index is 12.2. The lowest BCUT2D eigenvalue weighted by atomic mass is 10.4. The molecule has 4 heterocycles. The summed E-state index contributed by atoms with van der Waals surface area (Å²) in [6.45, 7) is 2.64. The van der Waals surface area contributed by atoms with Crippen molar-refractivity contribution in [1.29, 1.82) is 0 Å². The van der Waals surface area contributed by atoms with E-state index in [1.54, 1.807) is 16.0 Å². The molecular formula is C14H13N7OS3. The topological polar surface area (TPSA) is 90.9 Å². The molecule has 0 radical (unpaired) electrons. The normalized spacial score (nSPS) is 11.4. The minimum absolute atomic E-state index is 0.158. The van der Waals surface area contributed by atoms with Crippen molar-refractivity contribution in [3.8, 4) is 0 Å². The zero-order chi connectivity index (χ0) is 17.2. The van der Waals surface area contributed by atoms with E-state index in [4.69, 9.17) is 0 Å². The van der Waals surface area contributed by atoms with Crippen molar-refractivity contribution in [3.63, 3.8) is 0 Å². The van der Waals surface area contributed by atoms with Crippen LogP contribution in [0.4, 0.5) is 0 Å². The van der Waals surface area contributed by atoms with E-state index in [1.807, 2.05) is 24.4 Å². The van der Waals surface area contributed by atoms with E-state index in [0.717, 1.165) is 11.4 Å². The van der Waals surface area contributed by atoms with E-state index in [0.29, 0.717) is 28.1 Å². The fourth-order valence-electron chi connectivity index (χ4n) is 2.20. The third-order valence-electron chi connectivity index (χ3n) is 3.38. The highest BCUT2D eigenvalue weighted by atomic mass is 32.2. The molecule has 0 amide bonds. The van der Waals surface area contributed by atoms with Gasteiger partial charge in [0.2, 0.25) is 10.1 Å². The summed E-state index contributed by atoms with van der Waals surface area (Å²) in [7, 11) is 0. The summed E-state index contributed by atoms with van der Waals surface area (Å²) in [5.74, 6) is 0.524. The minimum Gasteiger partial charge on any atom is -0.267 e. The van der Waals surface area contributed by atoms with Gasteiger partial charge in [-0.15, -0.1) is 16.4 Å². The lowest BCUT2D eigenvalue weighted by Gasteiger charge is -2.02. The van der Waals surface area contributed by atoms with Gasteiger partial charge >= 0.3 is 0 Å². The van der Waals surface area contributed by atoms with Crippen LogP contribution in [0.2, 0.25) is 0 Å². The predicted molar refractivity (Wildman–Crippen MR) is 97.3 cm³/mol. The van der Waals surface area contributed by atoms with Gasteiger partial charge in [0.15, 0.2) is 0 Å². The standard InChI is InChI=1S/C14H13N7OS3/c1-2-11-17-21-12(22)6-9(15-13(21)25-11)8-24-14-16-18-19-20(14)7-10-4-3-5-23-10/h3-6H,2,7-8H2,1H3. The number of nitrogens with zero attached hydrogens (tertiary/aromatic N) is 7. The Labute approximate surface area is 154 Å². The van der Waals surface area contributed by atoms with Gasteiger partial charge in [-0.1, -0.05) is 36.1 Å². The second-order valence-corrected chi connectivity index (χ2v) is 8.13. The van der Waals surface area contributed by atoms with Crippen molar-refractivity contribution in [2.24, 2.45) is 0 Å². The van der Waals surface area contributed by atoms with Gasteiger partial charge in [-0.05, 0) is 28.3 Å². The molecule has 0 aliphatic carbocycles. The lowest BCUT2D eigenvalue weighted by molar-refractivity contribution is 0.608. The third-order valence-corrected chi connectivity index (χ3v) is 6.28. The molecule has 4 aromatic heterocycles. The average Bonchev–Trinajstić information content (AvgIpc) is 3.34. The van der Waals surface area contributed by atoms with E-state index >= 15 is 0 Å². The lowest BCUT2D eigenvalue weighted by Crippen LogP contribution is -2.15. The van der Waals surface area contributed by atoms with Crippen molar-refractivity contribution in [1.82, 2.24) is 34.8 Å². The number of aromatic nitrogens is 7. The van der Waals surface area contributed by atoms with E-state index in [2.05, 4.69) is 25.6 Å². The number of aryl methyl sites for hydroxylation is 1. The maximum Gasteiger partial charge on any atom is 0.275 e. The third kappa shape index (κ3) is 3.48. The Morgan fingerprint density at radius 3 is 3.08 bits per heavy atom. The first-order valence-corrected chi connectivity index (χ1v) is 10.2. The molecule has 11 heteroatoms. The number of rotatable bonds is 6. The summed E-state index contributed by atoms with van der Waals surface area (Å²) in [5.41, 5.74) is 0.543. The fraction of sp³-hybridized carbons (Fsp3) is 0.286. The van der Waals surface area contributed by atoms with Crippen LogP contribution in [0, 0.1) is 0 Å². The van der Waals surface area contributed by atoms with Crippen molar-refractivity contribution in [2.75, 3.05) is 0 Å². The Hall–Kier alpha value is -2.11. The van der Waals surface area contributed by atoms with Crippen molar-refractivity contribution >= 4 is 39.4 Å². The SMILES string of the molecule is CCc1nn2c(=O)cc(CSc3nnnn3Cc3cccs3)nc2s1. The van der Waals surface area contributed by atoms with Gasteiger partial charge in [-0.2, -0.15) is 9.61 Å². The Balaban J connectivity index is 1.53. The van der Waals surface area contributed by atoms with Gasteiger partial charge in [0.05, 0.1) is 12.2 Å². The molecule has 0 saturated heterocycles. The number of hydrogen-bond acceptors (Lipinski definition) is 9. The molecule has 0 aliphatic rings. The van der Waals surface area contributed by atoms with E-state index in [1.165, 1.54) is 38.6 Å². The molecular weight excluding hydrogens is 378 g/mol. The highest BCUT2D eigenvalue weighted by Gasteiger charge is 2.12. The Morgan fingerprint density at radius 1 is 1.36 bits per heavy atom. The van der Waals surface area contributed by atoms with Crippen LogP contribution >= 0.6 is 34.4 Å². The quantitative estimate of drug-likeness (QED) is 0.465. The van der Waals surface area contributed by atoms with Crippen molar-refractivity contribution in [2.45, 2.75) is 30.8 Å². The number of fused-ring (bicyclic) bond motifs is 1. The molecule has 128 valence electrons. The van der Waals surface area contributed by atoms with Crippen LogP contribution in [-0.4, -0.2) is 34.8 Å². The van der Waals surface area contributed by atoms with Crippen LogP contribution in [-0.2, 0) is 18.7 Å². The summed E-state index contributed by atoms with van der Waals surface area (Å²) in [5, 5.41) is 19.7. The average molecular weight is 392 g/mol. The smallest absolute Gasteiger partial charge is 0.267 e. The van der Waals surface area contributed by atoms with Crippen LogP contribution in [0.15, 0.2) is 33.5 Å². The zero-order valence-corrected chi connectivity index (χ0v) is 15.6. The van der Waals surface area contributed by atoms with Gasteiger partial charge in [-0.25, -0.2) is 9.67 Å². The zero-order valence-electron chi connectivity index (χ0n) is 13.2.